The quantitative estimate of drug-likeness (QED) is 0.672. The van der Waals surface area contributed by atoms with Crippen LogP contribution in [0, 0.1) is 5.92 Å². The minimum Gasteiger partial charge on any atom is -0.391 e. The number of carbonyl (C=O) groups is 1. The Morgan fingerprint density at radius 2 is 2.33 bits per heavy atom. The molecule has 0 saturated carbocycles. The number of aliphatic hydroxyl groups excluding tert-OH is 1. The minimum atomic E-state index is -0.442. The molecule has 1 fully saturated rings. The van der Waals surface area contributed by atoms with Gasteiger partial charge in [-0.3, -0.25) is 9.89 Å². The Morgan fingerprint density at radius 1 is 1.48 bits per heavy atom. The fraction of sp³-hybridized carbons (Fsp3) is 0.429. The van der Waals surface area contributed by atoms with Crippen LogP contribution in [-0.2, 0) is 11.3 Å². The highest BCUT2D eigenvalue weighted by Crippen LogP contribution is 2.20. The van der Waals surface area contributed by atoms with Crippen molar-refractivity contribution in [1.29, 1.82) is 0 Å². The van der Waals surface area contributed by atoms with Crippen LogP contribution in [0.5, 0.6) is 0 Å². The molecule has 2 aromatic rings. The van der Waals surface area contributed by atoms with Crippen molar-refractivity contribution >= 4 is 28.4 Å². The Morgan fingerprint density at radius 3 is 3.10 bits per heavy atom. The molecule has 6 nitrogen and oxygen atoms in total. The summed E-state index contributed by atoms with van der Waals surface area (Å²) in [4.78, 5) is 11.9. The highest BCUT2D eigenvalue weighted by Gasteiger charge is 2.26. The second-order valence-corrected chi connectivity index (χ2v) is 5.77. The number of rotatable bonds is 4. The van der Waals surface area contributed by atoms with Crippen LogP contribution in [0.2, 0.25) is 5.02 Å². The number of aromatic amines is 1. The van der Waals surface area contributed by atoms with Gasteiger partial charge in [0.25, 0.3) is 0 Å². The van der Waals surface area contributed by atoms with Crippen molar-refractivity contribution in [3.8, 4) is 0 Å². The molecule has 3 rings (SSSR count). The van der Waals surface area contributed by atoms with Gasteiger partial charge < -0.3 is 15.7 Å². The van der Waals surface area contributed by atoms with E-state index in [4.69, 9.17) is 11.6 Å². The van der Waals surface area contributed by atoms with E-state index >= 15 is 0 Å². The van der Waals surface area contributed by atoms with E-state index in [0.717, 1.165) is 16.6 Å². The summed E-state index contributed by atoms with van der Waals surface area (Å²) < 4.78 is 0. The molecular formula is C14H17ClN4O2. The molecule has 0 unspecified atom stereocenters. The topological polar surface area (TPSA) is 90.0 Å². The van der Waals surface area contributed by atoms with Gasteiger partial charge in [-0.25, -0.2) is 0 Å². The van der Waals surface area contributed by atoms with Gasteiger partial charge in [-0.2, -0.15) is 5.10 Å². The summed E-state index contributed by atoms with van der Waals surface area (Å²) in [6, 6.07) is 5.44. The number of halogens is 1. The number of carbonyl (C=O) groups excluding carboxylic acids is 1. The fourth-order valence-electron chi connectivity index (χ4n) is 2.59. The van der Waals surface area contributed by atoms with Crippen molar-refractivity contribution in [2.75, 3.05) is 13.1 Å². The van der Waals surface area contributed by atoms with Crippen molar-refractivity contribution in [2.24, 2.45) is 5.92 Å². The third-order valence-electron chi connectivity index (χ3n) is 3.81. The van der Waals surface area contributed by atoms with E-state index in [0.29, 0.717) is 31.1 Å². The van der Waals surface area contributed by atoms with E-state index in [1.165, 1.54) is 0 Å². The smallest absolute Gasteiger partial charge is 0.220 e. The zero-order valence-corrected chi connectivity index (χ0v) is 12.2. The van der Waals surface area contributed by atoms with Crippen molar-refractivity contribution < 1.29 is 9.90 Å². The maximum Gasteiger partial charge on any atom is 0.220 e. The lowest BCUT2D eigenvalue weighted by atomic mass is 10.0. The van der Waals surface area contributed by atoms with E-state index < -0.39 is 6.10 Å². The number of hydrogen-bond acceptors (Lipinski definition) is 4. The molecular weight excluding hydrogens is 292 g/mol. The normalized spacial score (nSPS) is 21.8. The number of nitrogens with zero attached hydrogens (tertiary/aromatic N) is 1. The zero-order valence-electron chi connectivity index (χ0n) is 11.4. The summed E-state index contributed by atoms with van der Waals surface area (Å²) in [6.45, 7) is 1.60. The molecule has 0 aliphatic carbocycles. The first-order chi connectivity index (χ1) is 10.1. The van der Waals surface area contributed by atoms with Crippen LogP contribution in [0.15, 0.2) is 18.2 Å². The zero-order chi connectivity index (χ0) is 14.8. The van der Waals surface area contributed by atoms with Gasteiger partial charge in [-0.05, 0) is 18.2 Å². The lowest BCUT2D eigenvalue weighted by Gasteiger charge is -2.12. The third kappa shape index (κ3) is 3.18. The summed E-state index contributed by atoms with van der Waals surface area (Å²) in [5, 5.41) is 24.2. The number of amides is 1. The minimum absolute atomic E-state index is 0.0158. The maximum absolute atomic E-state index is 11.9. The molecule has 21 heavy (non-hydrogen) atoms. The van der Waals surface area contributed by atoms with Gasteiger partial charge in [-0.15, -0.1) is 0 Å². The highest BCUT2D eigenvalue weighted by molar-refractivity contribution is 6.31. The number of aromatic nitrogens is 2. The number of hydrogen-bond donors (Lipinski definition) is 4. The molecule has 1 amide bonds. The van der Waals surface area contributed by atoms with Gasteiger partial charge in [0.1, 0.15) is 0 Å². The monoisotopic (exact) mass is 308 g/mol. The first-order valence-electron chi connectivity index (χ1n) is 6.91. The molecule has 1 aliphatic rings. The summed E-state index contributed by atoms with van der Waals surface area (Å²) >= 11 is 5.98. The van der Waals surface area contributed by atoms with Gasteiger partial charge in [0, 0.05) is 35.8 Å². The highest BCUT2D eigenvalue weighted by atomic mass is 35.5. The molecule has 2 heterocycles. The Balaban J connectivity index is 1.61. The summed E-state index contributed by atoms with van der Waals surface area (Å²) in [5.74, 6) is -0.0921. The van der Waals surface area contributed by atoms with E-state index in [2.05, 4.69) is 20.8 Å². The fourth-order valence-corrected chi connectivity index (χ4v) is 2.77. The molecule has 7 heteroatoms. The Bertz CT molecular complexity index is 657. The molecule has 1 aromatic heterocycles. The van der Waals surface area contributed by atoms with E-state index in [9.17, 15) is 9.90 Å². The molecule has 0 bridgehead atoms. The van der Waals surface area contributed by atoms with E-state index in [-0.39, 0.29) is 11.8 Å². The van der Waals surface area contributed by atoms with Gasteiger partial charge in [0.05, 0.1) is 23.9 Å². The Hall–Kier alpha value is -1.63. The molecule has 4 N–H and O–H groups in total. The largest absolute Gasteiger partial charge is 0.391 e. The first-order valence-corrected chi connectivity index (χ1v) is 7.29. The molecule has 112 valence electrons. The molecule has 2 atom stereocenters. The molecule has 0 spiro atoms. The van der Waals surface area contributed by atoms with Gasteiger partial charge in [-0.1, -0.05) is 11.6 Å². The predicted octanol–water partition coefficient (Wildman–Crippen LogP) is 0.803. The third-order valence-corrected chi connectivity index (χ3v) is 4.04. The van der Waals surface area contributed by atoms with E-state index in [1.807, 2.05) is 12.1 Å². The van der Waals surface area contributed by atoms with Crippen molar-refractivity contribution in [1.82, 2.24) is 20.8 Å². The molecule has 1 aromatic carbocycles. The average Bonchev–Trinajstić information content (AvgIpc) is 3.03. The van der Waals surface area contributed by atoms with Crippen LogP contribution < -0.4 is 10.6 Å². The number of benzene rings is 1. The predicted molar refractivity (Wildman–Crippen MR) is 79.9 cm³/mol. The van der Waals surface area contributed by atoms with Crippen molar-refractivity contribution in [3.05, 3.63) is 28.9 Å². The van der Waals surface area contributed by atoms with Gasteiger partial charge >= 0.3 is 0 Å². The van der Waals surface area contributed by atoms with Crippen LogP contribution in [-0.4, -0.2) is 40.4 Å². The maximum atomic E-state index is 11.9. The average molecular weight is 309 g/mol. The van der Waals surface area contributed by atoms with Crippen LogP contribution in [0.3, 0.4) is 0 Å². The molecule has 1 aliphatic heterocycles. The standard InChI is InChI=1S/C14H17ClN4O2/c15-9-1-2-11-10(4-9)12(19-18-11)6-17-14(21)3-8-5-16-7-13(8)20/h1-2,4,8,13,16,20H,3,5-7H2,(H,17,21)(H,18,19)/t8-,13-/m1/s1. The lowest BCUT2D eigenvalue weighted by Crippen LogP contribution is -2.29. The van der Waals surface area contributed by atoms with Crippen LogP contribution in [0.4, 0.5) is 0 Å². The van der Waals surface area contributed by atoms with Crippen LogP contribution in [0.1, 0.15) is 12.1 Å². The van der Waals surface area contributed by atoms with Crippen LogP contribution >= 0.6 is 11.6 Å². The first kappa shape index (κ1) is 14.3. The second kappa shape index (κ2) is 6.01. The number of fused-ring (bicyclic) bond motifs is 1. The summed E-state index contributed by atoms with van der Waals surface area (Å²) in [5.41, 5.74) is 1.64. The Kier molecular flexibility index (Phi) is 4.10. The summed E-state index contributed by atoms with van der Waals surface area (Å²) in [6.07, 6.45) is -0.122. The SMILES string of the molecule is O=C(C[C@@H]1CNC[C@H]1O)NCc1[nH]nc2ccc(Cl)cc12. The number of H-pyrrole nitrogens is 1. The number of nitrogens with one attached hydrogen (secondary N) is 3. The van der Waals surface area contributed by atoms with Crippen molar-refractivity contribution in [2.45, 2.75) is 19.1 Å². The molecule has 1 saturated heterocycles. The second-order valence-electron chi connectivity index (χ2n) is 5.33. The number of aliphatic hydroxyl groups is 1. The number of β-amino-alcohol motifs (C(OH)–C–C–N with tert-alkyl or cyclic N) is 1. The lowest BCUT2D eigenvalue weighted by molar-refractivity contribution is -0.122. The van der Waals surface area contributed by atoms with Gasteiger partial charge in [0.15, 0.2) is 0 Å². The van der Waals surface area contributed by atoms with Gasteiger partial charge in [0.2, 0.25) is 5.91 Å². The van der Waals surface area contributed by atoms with Crippen molar-refractivity contribution in [3.63, 3.8) is 0 Å². The Labute approximate surface area is 126 Å². The summed E-state index contributed by atoms with van der Waals surface area (Å²) in [7, 11) is 0. The van der Waals surface area contributed by atoms with Crippen LogP contribution in [0.25, 0.3) is 10.9 Å². The molecule has 0 radical (unpaired) electrons. The van der Waals surface area contributed by atoms with E-state index in [1.54, 1.807) is 6.07 Å².